The molecule has 0 atom stereocenters. The zero-order chi connectivity index (χ0) is 16.6. The quantitative estimate of drug-likeness (QED) is 0.846. The lowest BCUT2D eigenvalue weighted by Gasteiger charge is -2.17. The maximum Gasteiger partial charge on any atom is 0.263 e. The van der Waals surface area contributed by atoms with Gasteiger partial charge in [-0.3, -0.25) is 10.2 Å². The summed E-state index contributed by atoms with van der Waals surface area (Å²) in [5.74, 6) is 0.576. The van der Waals surface area contributed by atoms with E-state index in [2.05, 4.69) is 55.0 Å². The van der Waals surface area contributed by atoms with Crippen LogP contribution in [0.1, 0.15) is 38.8 Å². The number of hydrogen-bond donors (Lipinski definition) is 2. The molecular weight excluding hydrogens is 284 g/mol. The first-order valence-corrected chi connectivity index (χ1v) is 8.18. The van der Waals surface area contributed by atoms with Crippen LogP contribution in [0.5, 0.6) is 0 Å². The van der Waals surface area contributed by atoms with Gasteiger partial charge in [-0.25, -0.2) is 5.43 Å². The normalized spacial score (nSPS) is 18.8. The molecule has 0 radical (unpaired) electrons. The molecule has 3 rings (SSSR count). The Morgan fingerprint density at radius 3 is 2.61 bits per heavy atom. The Bertz CT molecular complexity index is 787. The van der Waals surface area contributed by atoms with E-state index in [1.807, 2.05) is 26.0 Å². The minimum Gasteiger partial charge on any atom is -0.287 e. The van der Waals surface area contributed by atoms with Crippen LogP contribution in [0.4, 0.5) is 0 Å². The third-order valence-electron chi connectivity index (χ3n) is 4.33. The average Bonchev–Trinajstić information content (AvgIpc) is 2.74. The summed E-state index contributed by atoms with van der Waals surface area (Å²) in [7, 11) is 0. The molecule has 3 heteroatoms. The molecule has 2 N–H and O–H groups in total. The number of fused-ring (bicyclic) bond motifs is 1. The molecule has 1 amide bonds. The summed E-state index contributed by atoms with van der Waals surface area (Å²) < 4.78 is 0. The van der Waals surface area contributed by atoms with Crippen molar-refractivity contribution in [1.29, 1.82) is 0 Å². The van der Waals surface area contributed by atoms with E-state index in [9.17, 15) is 4.79 Å². The highest BCUT2D eigenvalue weighted by Crippen LogP contribution is 2.28. The van der Waals surface area contributed by atoms with Crippen molar-refractivity contribution < 1.29 is 4.79 Å². The first-order valence-electron chi connectivity index (χ1n) is 8.18. The Labute approximate surface area is 137 Å². The van der Waals surface area contributed by atoms with Crippen LogP contribution in [0.15, 0.2) is 42.0 Å². The molecule has 1 aliphatic heterocycles. The molecular formula is C20H24N2O. The fourth-order valence-electron chi connectivity index (χ4n) is 3.10. The molecule has 2 aromatic carbocycles. The number of carbonyl (C=O) groups is 1. The van der Waals surface area contributed by atoms with E-state index in [-0.39, 0.29) is 11.4 Å². The van der Waals surface area contributed by atoms with E-state index in [0.29, 0.717) is 5.92 Å². The molecule has 0 aliphatic carbocycles. The summed E-state index contributed by atoms with van der Waals surface area (Å²) in [5, 5.41) is 2.41. The fraction of sp³-hybridized carbons (Fsp3) is 0.350. The molecule has 23 heavy (non-hydrogen) atoms. The maximum absolute atomic E-state index is 12.1. The predicted molar refractivity (Wildman–Crippen MR) is 95.8 cm³/mol. The topological polar surface area (TPSA) is 41.1 Å². The minimum absolute atomic E-state index is 0.0506. The van der Waals surface area contributed by atoms with Crippen LogP contribution in [-0.2, 0) is 11.2 Å². The van der Waals surface area contributed by atoms with Crippen molar-refractivity contribution in [3.63, 3.8) is 0 Å². The third kappa shape index (κ3) is 3.15. The Morgan fingerprint density at radius 2 is 1.96 bits per heavy atom. The third-order valence-corrected chi connectivity index (χ3v) is 4.33. The number of carbonyl (C=O) groups excluding carboxylic acids is 1. The molecule has 1 fully saturated rings. The van der Waals surface area contributed by atoms with Crippen LogP contribution >= 0.6 is 0 Å². The van der Waals surface area contributed by atoms with Crippen molar-refractivity contribution in [2.24, 2.45) is 5.92 Å². The van der Waals surface area contributed by atoms with Gasteiger partial charge in [0.25, 0.3) is 5.91 Å². The highest BCUT2D eigenvalue weighted by Gasteiger charge is 2.34. The van der Waals surface area contributed by atoms with Crippen LogP contribution in [0.2, 0.25) is 0 Å². The van der Waals surface area contributed by atoms with Crippen LogP contribution in [0.3, 0.4) is 0 Å². The van der Waals surface area contributed by atoms with E-state index in [4.69, 9.17) is 0 Å². The smallest absolute Gasteiger partial charge is 0.263 e. The Kier molecular flexibility index (Phi) is 3.99. The molecule has 1 saturated heterocycles. The van der Waals surface area contributed by atoms with Crippen molar-refractivity contribution in [3.05, 3.63) is 53.1 Å². The van der Waals surface area contributed by atoms with Crippen molar-refractivity contribution in [1.82, 2.24) is 10.9 Å². The lowest BCUT2D eigenvalue weighted by molar-refractivity contribution is -0.116. The number of amides is 1. The number of benzene rings is 2. The van der Waals surface area contributed by atoms with Gasteiger partial charge in [0.2, 0.25) is 0 Å². The Hall–Kier alpha value is -2.13. The van der Waals surface area contributed by atoms with Gasteiger partial charge in [0, 0.05) is 5.57 Å². The van der Waals surface area contributed by atoms with Gasteiger partial charge in [-0.15, -0.1) is 0 Å². The van der Waals surface area contributed by atoms with Crippen molar-refractivity contribution in [2.45, 2.75) is 39.7 Å². The summed E-state index contributed by atoms with van der Waals surface area (Å²) in [6, 6.07) is 12.9. The molecule has 0 spiro atoms. The second-order valence-corrected chi connectivity index (χ2v) is 7.26. The van der Waals surface area contributed by atoms with E-state index >= 15 is 0 Å². The van der Waals surface area contributed by atoms with E-state index in [1.54, 1.807) is 0 Å². The zero-order valence-corrected chi connectivity index (χ0v) is 14.2. The molecule has 0 unspecified atom stereocenters. The molecule has 0 saturated carbocycles. The molecule has 0 bridgehead atoms. The van der Waals surface area contributed by atoms with Crippen molar-refractivity contribution in [2.75, 3.05) is 0 Å². The van der Waals surface area contributed by atoms with Crippen LogP contribution in [0.25, 0.3) is 16.8 Å². The summed E-state index contributed by atoms with van der Waals surface area (Å²) in [5.41, 5.74) is 8.57. The predicted octanol–water partition coefficient (Wildman–Crippen LogP) is 3.83. The van der Waals surface area contributed by atoms with Gasteiger partial charge in [0.05, 0.1) is 5.54 Å². The number of hydrogen-bond acceptors (Lipinski definition) is 2. The summed E-state index contributed by atoms with van der Waals surface area (Å²) >= 11 is 0. The van der Waals surface area contributed by atoms with Gasteiger partial charge >= 0.3 is 0 Å². The van der Waals surface area contributed by atoms with Gasteiger partial charge in [-0.2, -0.15) is 0 Å². The Morgan fingerprint density at radius 1 is 1.17 bits per heavy atom. The van der Waals surface area contributed by atoms with E-state index in [0.717, 1.165) is 17.6 Å². The first-order chi connectivity index (χ1) is 10.9. The SMILES string of the molecule is CC(C)Cc1ccc2cccc(/C=C3\C(=O)NNC3(C)C)c2c1. The summed E-state index contributed by atoms with van der Waals surface area (Å²) in [4.78, 5) is 12.1. The largest absolute Gasteiger partial charge is 0.287 e. The monoisotopic (exact) mass is 308 g/mol. The summed E-state index contributed by atoms with van der Waals surface area (Å²) in [6.45, 7) is 8.47. The molecule has 1 heterocycles. The second kappa shape index (κ2) is 5.82. The van der Waals surface area contributed by atoms with Crippen molar-refractivity contribution >= 4 is 22.8 Å². The average molecular weight is 308 g/mol. The maximum atomic E-state index is 12.1. The molecule has 0 aromatic heterocycles. The lowest BCUT2D eigenvalue weighted by atomic mass is 9.91. The van der Waals surface area contributed by atoms with Gasteiger partial charge in [0.1, 0.15) is 0 Å². The molecule has 3 nitrogen and oxygen atoms in total. The second-order valence-electron chi connectivity index (χ2n) is 7.26. The van der Waals surface area contributed by atoms with Crippen LogP contribution in [-0.4, -0.2) is 11.4 Å². The fourth-order valence-corrected chi connectivity index (χ4v) is 3.10. The van der Waals surface area contributed by atoms with Crippen LogP contribution in [0, 0.1) is 5.92 Å². The molecule has 1 aliphatic rings. The van der Waals surface area contributed by atoms with E-state index in [1.165, 1.54) is 16.3 Å². The number of nitrogens with one attached hydrogen (secondary N) is 2. The van der Waals surface area contributed by atoms with E-state index < -0.39 is 0 Å². The first kappa shape index (κ1) is 15.8. The zero-order valence-electron chi connectivity index (χ0n) is 14.2. The van der Waals surface area contributed by atoms with Gasteiger partial charge in [-0.1, -0.05) is 50.2 Å². The molecule has 120 valence electrons. The lowest BCUT2D eigenvalue weighted by Crippen LogP contribution is -2.38. The highest BCUT2D eigenvalue weighted by atomic mass is 16.2. The summed E-state index contributed by atoms with van der Waals surface area (Å²) in [6.07, 6.45) is 3.07. The number of hydrazine groups is 1. The van der Waals surface area contributed by atoms with Gasteiger partial charge in [0.15, 0.2) is 0 Å². The van der Waals surface area contributed by atoms with Crippen molar-refractivity contribution in [3.8, 4) is 0 Å². The Balaban J connectivity index is 2.12. The highest BCUT2D eigenvalue weighted by molar-refractivity contribution is 6.04. The minimum atomic E-state index is -0.366. The van der Waals surface area contributed by atoms with Gasteiger partial charge < -0.3 is 0 Å². The van der Waals surface area contributed by atoms with Crippen LogP contribution < -0.4 is 10.9 Å². The molecule has 2 aromatic rings. The standard InChI is InChI=1S/C20H24N2O/c1-13(2)10-14-8-9-15-6-5-7-16(17(15)11-14)12-18-19(23)21-22-20(18,3)4/h5-9,11-13,22H,10H2,1-4H3,(H,21,23)/b18-12+. The van der Waals surface area contributed by atoms with Gasteiger partial charge in [-0.05, 0) is 54.2 Å². The number of rotatable bonds is 3.